The van der Waals surface area contributed by atoms with Gasteiger partial charge < -0.3 is 5.32 Å². The topological polar surface area (TPSA) is 32.3 Å². The van der Waals surface area contributed by atoms with Crippen LogP contribution in [0.3, 0.4) is 0 Å². The van der Waals surface area contributed by atoms with Gasteiger partial charge >= 0.3 is 0 Å². The zero-order valence-corrected chi connectivity index (χ0v) is 19.7. The third-order valence-electron chi connectivity index (χ3n) is 5.46. The molecule has 0 unspecified atom stereocenters. The van der Waals surface area contributed by atoms with Gasteiger partial charge in [-0.05, 0) is 66.4 Å². The Kier molecular flexibility index (Phi) is 7.74. The molecule has 1 heterocycles. The first-order valence-electron chi connectivity index (χ1n) is 10.5. The smallest absolute Gasteiger partial charge is 0.271 e. The van der Waals surface area contributed by atoms with Gasteiger partial charge in [-0.25, -0.2) is 8.81 Å². The molecule has 0 bridgehead atoms. The number of rotatable bonds is 6. The molecular formula is C25H23Cl2FN2OS. The van der Waals surface area contributed by atoms with E-state index in [0.29, 0.717) is 5.75 Å². The van der Waals surface area contributed by atoms with Crippen LogP contribution in [0.5, 0.6) is 0 Å². The van der Waals surface area contributed by atoms with E-state index in [1.54, 1.807) is 17.8 Å². The molecule has 0 aromatic heterocycles. The molecule has 0 saturated heterocycles. The fourth-order valence-corrected chi connectivity index (χ4v) is 5.46. The van der Waals surface area contributed by atoms with Gasteiger partial charge in [-0.1, -0.05) is 54.1 Å². The van der Waals surface area contributed by atoms with E-state index in [1.807, 2.05) is 36.4 Å². The first-order chi connectivity index (χ1) is 15.5. The summed E-state index contributed by atoms with van der Waals surface area (Å²) in [5.74, 6) is -0.575. The maximum absolute atomic E-state index is 14.8. The monoisotopic (exact) mass is 488 g/mol. The number of halogens is 3. The molecule has 3 aromatic carbocycles. The molecule has 1 amide bonds. The van der Waals surface area contributed by atoms with Crippen molar-refractivity contribution in [1.82, 2.24) is 9.74 Å². The highest BCUT2D eigenvalue weighted by molar-refractivity contribution is 7.98. The van der Waals surface area contributed by atoms with Crippen molar-refractivity contribution in [2.24, 2.45) is 0 Å². The molecule has 1 aliphatic heterocycles. The van der Waals surface area contributed by atoms with Crippen LogP contribution >= 0.6 is 35.1 Å². The van der Waals surface area contributed by atoms with Crippen molar-refractivity contribution < 1.29 is 9.18 Å². The summed E-state index contributed by atoms with van der Waals surface area (Å²) in [7, 11) is 0. The van der Waals surface area contributed by atoms with Crippen LogP contribution in [0.1, 0.15) is 32.6 Å². The van der Waals surface area contributed by atoms with Gasteiger partial charge in [0.2, 0.25) is 0 Å². The lowest BCUT2D eigenvalue weighted by atomic mass is 10.0. The summed E-state index contributed by atoms with van der Waals surface area (Å²) < 4.78 is 15.8. The summed E-state index contributed by atoms with van der Waals surface area (Å²) in [6.07, 6.45) is 1.90. The minimum absolute atomic E-state index is 0.0395. The van der Waals surface area contributed by atoms with Crippen LogP contribution in [0.2, 0.25) is 5.02 Å². The molecular weight excluding hydrogens is 466 g/mol. The number of nitrogens with zero attached hydrogens (tertiary/aromatic N) is 1. The van der Waals surface area contributed by atoms with Gasteiger partial charge in [0.1, 0.15) is 5.82 Å². The molecule has 1 aliphatic rings. The molecule has 0 spiro atoms. The first-order valence-corrected chi connectivity index (χ1v) is 12.2. The molecule has 0 aliphatic carbocycles. The van der Waals surface area contributed by atoms with Crippen LogP contribution in [-0.4, -0.2) is 23.4 Å². The van der Waals surface area contributed by atoms with E-state index in [0.717, 1.165) is 51.4 Å². The van der Waals surface area contributed by atoms with Crippen molar-refractivity contribution in [1.29, 1.82) is 0 Å². The summed E-state index contributed by atoms with van der Waals surface area (Å²) in [4.78, 5) is 13.7. The lowest BCUT2D eigenvalue weighted by molar-refractivity contribution is 0.0852. The Balaban J connectivity index is 1.46. The molecule has 0 atom stereocenters. The number of thioether (sulfide) groups is 1. The van der Waals surface area contributed by atoms with E-state index in [1.165, 1.54) is 23.3 Å². The highest BCUT2D eigenvalue weighted by Crippen LogP contribution is 2.36. The number of carbonyl (C=O) groups is 1. The lowest BCUT2D eigenvalue weighted by Gasteiger charge is -2.16. The van der Waals surface area contributed by atoms with Crippen LogP contribution in [0.25, 0.3) is 0 Å². The standard InChI is InChI=1S/C25H23Cl2FN2OS/c26-22-9-7-19-10-12-29-13-11-20(19)24(22)32-16-18-6-8-21(23(28)14-18)25(31)30(27)15-17-4-2-1-3-5-17/h1-9,14,29H,10-13,15-16H2. The van der Waals surface area contributed by atoms with Gasteiger partial charge in [0.15, 0.2) is 0 Å². The zero-order valence-electron chi connectivity index (χ0n) is 17.4. The van der Waals surface area contributed by atoms with Crippen molar-refractivity contribution in [2.45, 2.75) is 30.0 Å². The van der Waals surface area contributed by atoms with Crippen LogP contribution in [0.15, 0.2) is 65.6 Å². The maximum Gasteiger partial charge on any atom is 0.271 e. The lowest BCUT2D eigenvalue weighted by Crippen LogP contribution is -2.22. The molecule has 1 N–H and O–H groups in total. The van der Waals surface area contributed by atoms with Crippen molar-refractivity contribution in [3.05, 3.63) is 99.3 Å². The molecule has 32 heavy (non-hydrogen) atoms. The number of nitrogens with one attached hydrogen (secondary N) is 1. The average Bonchev–Trinajstić information content (AvgIpc) is 3.04. The largest absolute Gasteiger partial charge is 0.316 e. The van der Waals surface area contributed by atoms with Crippen LogP contribution in [0, 0.1) is 5.82 Å². The van der Waals surface area contributed by atoms with Crippen molar-refractivity contribution in [3.8, 4) is 0 Å². The summed E-state index contributed by atoms with van der Waals surface area (Å²) in [6, 6.07) is 18.1. The molecule has 0 fully saturated rings. The number of hydrogen-bond donors (Lipinski definition) is 1. The Labute approximate surface area is 202 Å². The fourth-order valence-electron chi connectivity index (χ4n) is 3.79. The van der Waals surface area contributed by atoms with Crippen molar-refractivity contribution in [2.75, 3.05) is 13.1 Å². The van der Waals surface area contributed by atoms with Crippen LogP contribution in [-0.2, 0) is 25.1 Å². The summed E-state index contributed by atoms with van der Waals surface area (Å²) >= 11 is 14.3. The van der Waals surface area contributed by atoms with Gasteiger partial charge in [-0.3, -0.25) is 4.79 Å². The number of hydrogen-bond acceptors (Lipinski definition) is 3. The van der Waals surface area contributed by atoms with E-state index < -0.39 is 11.7 Å². The number of benzene rings is 3. The molecule has 0 saturated carbocycles. The highest BCUT2D eigenvalue weighted by atomic mass is 35.5. The zero-order chi connectivity index (χ0) is 22.5. The molecule has 4 rings (SSSR count). The maximum atomic E-state index is 14.8. The Morgan fingerprint density at radius 2 is 1.81 bits per heavy atom. The molecule has 166 valence electrons. The predicted molar refractivity (Wildman–Crippen MR) is 130 cm³/mol. The molecule has 3 nitrogen and oxygen atoms in total. The van der Waals surface area contributed by atoms with E-state index in [-0.39, 0.29) is 12.1 Å². The van der Waals surface area contributed by atoms with Gasteiger partial charge in [-0.2, -0.15) is 0 Å². The third-order valence-corrected chi connectivity index (χ3v) is 7.40. The van der Waals surface area contributed by atoms with Gasteiger partial charge in [-0.15, -0.1) is 11.8 Å². The van der Waals surface area contributed by atoms with Crippen LogP contribution < -0.4 is 5.32 Å². The number of amides is 1. The van der Waals surface area contributed by atoms with Crippen molar-refractivity contribution >= 4 is 41.0 Å². The molecule has 7 heteroatoms. The van der Waals surface area contributed by atoms with E-state index in [9.17, 15) is 9.18 Å². The van der Waals surface area contributed by atoms with Gasteiger partial charge in [0.05, 0.1) is 17.1 Å². The Morgan fingerprint density at radius 1 is 1.03 bits per heavy atom. The normalized spacial score (nSPS) is 13.3. The highest BCUT2D eigenvalue weighted by Gasteiger charge is 2.19. The molecule has 0 radical (unpaired) electrons. The summed E-state index contributed by atoms with van der Waals surface area (Å²) in [5.41, 5.74) is 4.21. The second-order valence-corrected chi connectivity index (χ2v) is 9.48. The minimum atomic E-state index is -0.575. The van der Waals surface area contributed by atoms with Gasteiger partial charge in [0, 0.05) is 22.4 Å². The number of fused-ring (bicyclic) bond motifs is 1. The SMILES string of the molecule is O=C(c1ccc(CSc2c(Cl)ccc3c2CCNCC3)cc1F)N(Cl)Cc1ccccc1. The quantitative estimate of drug-likeness (QED) is 0.328. The predicted octanol–water partition coefficient (Wildman–Crippen LogP) is 6.26. The second kappa shape index (κ2) is 10.7. The average molecular weight is 489 g/mol. The Hall–Kier alpha value is -2.05. The second-order valence-electron chi connectivity index (χ2n) is 7.68. The molecule has 3 aromatic rings. The van der Waals surface area contributed by atoms with Crippen LogP contribution in [0.4, 0.5) is 4.39 Å². The van der Waals surface area contributed by atoms with Gasteiger partial charge in [0.25, 0.3) is 5.91 Å². The van der Waals surface area contributed by atoms with E-state index in [4.69, 9.17) is 23.4 Å². The minimum Gasteiger partial charge on any atom is -0.316 e. The van der Waals surface area contributed by atoms with Crippen molar-refractivity contribution in [3.63, 3.8) is 0 Å². The third kappa shape index (κ3) is 5.46. The first kappa shape index (κ1) is 23.1. The number of carbonyl (C=O) groups excluding carboxylic acids is 1. The fraction of sp³-hybridized carbons (Fsp3) is 0.240. The summed E-state index contributed by atoms with van der Waals surface area (Å²) in [5, 5.41) is 4.14. The Bertz CT molecular complexity index is 1110. The summed E-state index contributed by atoms with van der Waals surface area (Å²) in [6.45, 7) is 2.08. The van der Waals surface area contributed by atoms with E-state index >= 15 is 0 Å². The van der Waals surface area contributed by atoms with E-state index in [2.05, 4.69) is 11.4 Å². The Morgan fingerprint density at radius 3 is 2.59 bits per heavy atom.